The van der Waals surface area contributed by atoms with Crippen molar-refractivity contribution in [3.63, 3.8) is 0 Å². The summed E-state index contributed by atoms with van der Waals surface area (Å²) in [5, 5.41) is 6.62. The maximum atomic E-state index is 4.26. The first-order valence-electron chi connectivity index (χ1n) is 6.33. The van der Waals surface area contributed by atoms with Gasteiger partial charge >= 0.3 is 0 Å². The van der Waals surface area contributed by atoms with Crippen molar-refractivity contribution in [2.45, 2.75) is 13.8 Å². The summed E-state index contributed by atoms with van der Waals surface area (Å²) >= 11 is 0. The number of hydrogen-bond acceptors (Lipinski definition) is 1. The normalized spacial score (nSPS) is 9.84. The lowest BCUT2D eigenvalue weighted by molar-refractivity contribution is 1.36. The van der Waals surface area contributed by atoms with Gasteiger partial charge in [0, 0.05) is 18.4 Å². The van der Waals surface area contributed by atoms with Gasteiger partial charge in [-0.05, 0) is 37.1 Å². The molecular weight excluding hydrogens is 234 g/mol. The lowest BCUT2D eigenvalue weighted by Crippen LogP contribution is -2.22. The fourth-order valence-electron chi connectivity index (χ4n) is 1.82. The molecule has 0 heterocycles. The number of para-hydroxylation sites is 2. The van der Waals surface area contributed by atoms with Crippen LogP contribution in [0.1, 0.15) is 11.1 Å². The van der Waals surface area contributed by atoms with E-state index < -0.39 is 0 Å². The Kier molecular flexibility index (Phi) is 4.18. The van der Waals surface area contributed by atoms with E-state index in [1.807, 2.05) is 36.4 Å². The first kappa shape index (κ1) is 13.1. The molecule has 0 radical (unpaired) electrons. The molecular formula is C16H19N3. The van der Waals surface area contributed by atoms with E-state index in [9.17, 15) is 0 Å². The van der Waals surface area contributed by atoms with Gasteiger partial charge in [-0.25, -0.2) is 0 Å². The fourth-order valence-corrected chi connectivity index (χ4v) is 1.82. The van der Waals surface area contributed by atoms with E-state index in [2.05, 4.69) is 41.6 Å². The summed E-state index contributed by atoms with van der Waals surface area (Å²) in [6.45, 7) is 4.15. The molecule has 0 saturated heterocycles. The Morgan fingerprint density at radius 3 is 1.58 bits per heavy atom. The van der Waals surface area contributed by atoms with Gasteiger partial charge in [-0.1, -0.05) is 36.4 Å². The average molecular weight is 253 g/mol. The zero-order valence-corrected chi connectivity index (χ0v) is 11.6. The fraction of sp³-hybridized carbons (Fsp3) is 0.188. The van der Waals surface area contributed by atoms with Crippen molar-refractivity contribution in [2.24, 2.45) is 4.99 Å². The Hall–Kier alpha value is -2.29. The number of rotatable bonds is 2. The molecule has 3 heteroatoms. The molecule has 0 bridgehead atoms. The second-order valence-corrected chi connectivity index (χ2v) is 4.45. The van der Waals surface area contributed by atoms with Crippen LogP contribution < -0.4 is 10.6 Å². The highest BCUT2D eigenvalue weighted by atomic mass is 15.2. The van der Waals surface area contributed by atoms with Crippen molar-refractivity contribution < 1.29 is 0 Å². The molecule has 98 valence electrons. The minimum atomic E-state index is 0.739. The lowest BCUT2D eigenvalue weighted by atomic mass is 10.2. The molecule has 0 spiro atoms. The minimum Gasteiger partial charge on any atom is -0.326 e. The highest BCUT2D eigenvalue weighted by Gasteiger charge is 2.03. The van der Waals surface area contributed by atoms with E-state index in [0.717, 1.165) is 17.3 Å². The van der Waals surface area contributed by atoms with Gasteiger partial charge in [0.2, 0.25) is 0 Å². The van der Waals surface area contributed by atoms with E-state index >= 15 is 0 Å². The van der Waals surface area contributed by atoms with Crippen molar-refractivity contribution in [3.05, 3.63) is 59.7 Å². The highest BCUT2D eigenvalue weighted by Crippen LogP contribution is 2.16. The van der Waals surface area contributed by atoms with Crippen molar-refractivity contribution >= 4 is 17.3 Å². The van der Waals surface area contributed by atoms with Gasteiger partial charge < -0.3 is 10.6 Å². The second-order valence-electron chi connectivity index (χ2n) is 4.45. The van der Waals surface area contributed by atoms with Gasteiger partial charge in [0.25, 0.3) is 0 Å². The Bertz CT molecular complexity index is 539. The van der Waals surface area contributed by atoms with Crippen molar-refractivity contribution in [1.82, 2.24) is 0 Å². The van der Waals surface area contributed by atoms with Crippen LogP contribution in [0.2, 0.25) is 0 Å². The van der Waals surface area contributed by atoms with Crippen LogP contribution in [0.5, 0.6) is 0 Å². The van der Waals surface area contributed by atoms with Crippen molar-refractivity contribution in [3.8, 4) is 0 Å². The average Bonchev–Trinajstić information content (AvgIpc) is 2.42. The van der Waals surface area contributed by atoms with E-state index in [1.54, 1.807) is 7.05 Å². The van der Waals surface area contributed by atoms with Gasteiger partial charge in [0.05, 0.1) is 0 Å². The van der Waals surface area contributed by atoms with Crippen LogP contribution in [-0.2, 0) is 0 Å². The van der Waals surface area contributed by atoms with Gasteiger partial charge in [0.15, 0.2) is 5.96 Å². The summed E-state index contributed by atoms with van der Waals surface area (Å²) in [4.78, 5) is 4.26. The maximum absolute atomic E-state index is 4.26. The molecule has 19 heavy (non-hydrogen) atoms. The summed E-state index contributed by atoms with van der Waals surface area (Å²) < 4.78 is 0. The number of nitrogens with one attached hydrogen (secondary N) is 2. The summed E-state index contributed by atoms with van der Waals surface area (Å²) in [7, 11) is 1.77. The molecule has 0 unspecified atom stereocenters. The zero-order valence-electron chi connectivity index (χ0n) is 11.6. The van der Waals surface area contributed by atoms with Crippen LogP contribution in [0.3, 0.4) is 0 Å². The molecule has 0 fully saturated rings. The predicted molar refractivity (Wildman–Crippen MR) is 83.0 cm³/mol. The van der Waals surface area contributed by atoms with Crippen LogP contribution in [0.4, 0.5) is 11.4 Å². The van der Waals surface area contributed by atoms with Crippen molar-refractivity contribution in [2.75, 3.05) is 17.7 Å². The quantitative estimate of drug-likeness (QED) is 0.630. The number of benzene rings is 2. The number of guanidine groups is 1. The summed E-state index contributed by atoms with van der Waals surface area (Å²) in [6.07, 6.45) is 0. The third-order valence-electron chi connectivity index (χ3n) is 3.02. The van der Waals surface area contributed by atoms with Gasteiger partial charge in [-0.15, -0.1) is 0 Å². The molecule has 2 aromatic carbocycles. The zero-order chi connectivity index (χ0) is 13.7. The van der Waals surface area contributed by atoms with Crippen LogP contribution >= 0.6 is 0 Å². The largest absolute Gasteiger partial charge is 0.326 e. The minimum absolute atomic E-state index is 0.739. The standard InChI is InChI=1S/C16H19N3/c1-12-8-4-6-10-14(12)18-16(17-3)19-15-11-7-5-9-13(15)2/h4-11H,1-3H3,(H2,17,18,19). The third kappa shape index (κ3) is 3.35. The molecule has 0 aliphatic carbocycles. The Morgan fingerprint density at radius 2 is 1.21 bits per heavy atom. The molecule has 2 aromatic rings. The number of nitrogens with zero attached hydrogens (tertiary/aromatic N) is 1. The first-order valence-corrected chi connectivity index (χ1v) is 6.33. The Labute approximate surface area is 114 Å². The van der Waals surface area contributed by atoms with Crippen LogP contribution in [0.15, 0.2) is 53.5 Å². The lowest BCUT2D eigenvalue weighted by Gasteiger charge is -2.14. The predicted octanol–water partition coefficient (Wildman–Crippen LogP) is 3.81. The van der Waals surface area contributed by atoms with Crippen LogP contribution in [0.25, 0.3) is 0 Å². The van der Waals surface area contributed by atoms with E-state index in [1.165, 1.54) is 11.1 Å². The molecule has 0 aromatic heterocycles. The van der Waals surface area contributed by atoms with Gasteiger partial charge in [0.1, 0.15) is 0 Å². The van der Waals surface area contributed by atoms with Crippen molar-refractivity contribution in [1.29, 1.82) is 0 Å². The second kappa shape index (κ2) is 6.05. The summed E-state index contributed by atoms with van der Waals surface area (Å²) in [5.41, 5.74) is 4.50. The molecule has 0 saturated carbocycles. The third-order valence-corrected chi connectivity index (χ3v) is 3.02. The van der Waals surface area contributed by atoms with Crippen LogP contribution in [0, 0.1) is 13.8 Å². The summed E-state index contributed by atoms with van der Waals surface area (Å²) in [5.74, 6) is 0.739. The number of aryl methyl sites for hydroxylation is 2. The highest BCUT2D eigenvalue weighted by molar-refractivity contribution is 6.04. The van der Waals surface area contributed by atoms with E-state index in [4.69, 9.17) is 0 Å². The van der Waals surface area contributed by atoms with Crippen LogP contribution in [-0.4, -0.2) is 13.0 Å². The molecule has 2 rings (SSSR count). The topological polar surface area (TPSA) is 36.4 Å². The van der Waals surface area contributed by atoms with Gasteiger partial charge in [-0.2, -0.15) is 0 Å². The molecule has 0 atom stereocenters. The Morgan fingerprint density at radius 1 is 0.789 bits per heavy atom. The molecule has 0 aliphatic rings. The van der Waals surface area contributed by atoms with Gasteiger partial charge in [-0.3, -0.25) is 4.99 Å². The maximum Gasteiger partial charge on any atom is 0.200 e. The molecule has 3 nitrogen and oxygen atoms in total. The first-order chi connectivity index (χ1) is 9.20. The molecule has 0 aliphatic heterocycles. The monoisotopic (exact) mass is 253 g/mol. The summed E-state index contributed by atoms with van der Waals surface area (Å²) in [6, 6.07) is 16.3. The number of hydrogen-bond donors (Lipinski definition) is 2. The Balaban J connectivity index is 2.15. The molecule has 0 amide bonds. The number of anilines is 2. The molecule has 2 N–H and O–H groups in total. The SMILES string of the molecule is CN=C(Nc1ccccc1C)Nc1ccccc1C. The van der Waals surface area contributed by atoms with E-state index in [-0.39, 0.29) is 0 Å². The van der Waals surface area contributed by atoms with E-state index in [0.29, 0.717) is 0 Å². The smallest absolute Gasteiger partial charge is 0.200 e. The number of aliphatic imine (C=N–C) groups is 1.